The minimum atomic E-state index is -5.08. The van der Waals surface area contributed by atoms with Crippen molar-refractivity contribution in [3.05, 3.63) is 114 Å². The third-order valence-corrected chi connectivity index (χ3v) is 7.66. The van der Waals surface area contributed by atoms with E-state index in [2.05, 4.69) is 15.3 Å². The number of nitrogens with zero attached hydrogens (tertiary/aromatic N) is 2. The molecule has 18 heteroatoms. The Balaban J connectivity index is 0.000000410. The molecule has 55 heavy (non-hydrogen) atoms. The number of carbonyl (C=O) groups is 2. The molecular formula is C37H32F7N5O6. The summed E-state index contributed by atoms with van der Waals surface area (Å²) in [5.74, 6) is -4.69. The van der Waals surface area contributed by atoms with Crippen LogP contribution in [-0.4, -0.2) is 56.1 Å². The minimum absolute atomic E-state index is 0.225. The number of aromatic nitrogens is 3. The number of benzene rings is 3. The summed E-state index contributed by atoms with van der Waals surface area (Å²) in [4.78, 5) is 30.2. The fraction of sp³-hybridized carbons (Fsp3) is 0.189. The maximum absolute atomic E-state index is 16.1. The third kappa shape index (κ3) is 10.5. The molecule has 0 aliphatic carbocycles. The molecule has 6 N–H and O–H groups in total. The number of ether oxygens (including phenoxy) is 1. The monoisotopic (exact) mass is 775 g/mol. The number of rotatable bonds is 9. The predicted octanol–water partition coefficient (Wildman–Crippen LogP) is 9.04. The third-order valence-electron chi connectivity index (χ3n) is 7.66. The van der Waals surface area contributed by atoms with Crippen LogP contribution in [0.2, 0.25) is 0 Å². The number of hydrogen-bond acceptors (Lipinski definition) is 8. The number of anilines is 2. The Morgan fingerprint density at radius 3 is 2.16 bits per heavy atom. The molecule has 11 nitrogen and oxygen atoms in total. The van der Waals surface area contributed by atoms with E-state index in [9.17, 15) is 26.3 Å². The summed E-state index contributed by atoms with van der Waals surface area (Å²) in [7, 11) is 0. The lowest BCUT2D eigenvalue weighted by molar-refractivity contribution is -0.193. The van der Waals surface area contributed by atoms with Crippen LogP contribution in [-0.2, 0) is 16.0 Å². The Kier molecular flexibility index (Phi) is 13.1. The average molecular weight is 776 g/mol. The minimum Gasteiger partial charge on any atom is -0.491 e. The second-order valence-electron chi connectivity index (χ2n) is 11.3. The Bertz CT molecular complexity index is 2210. The number of H-pyrrole nitrogens is 1. The molecule has 0 radical (unpaired) electrons. The Labute approximate surface area is 307 Å². The van der Waals surface area contributed by atoms with E-state index in [1.165, 1.54) is 0 Å². The number of pyridine rings is 1. The van der Waals surface area contributed by atoms with Gasteiger partial charge in [-0.3, -0.25) is 0 Å². The summed E-state index contributed by atoms with van der Waals surface area (Å²) in [6, 6.07) is 20.6. The van der Waals surface area contributed by atoms with E-state index >= 15 is 4.39 Å². The lowest BCUT2D eigenvalue weighted by Crippen LogP contribution is -2.21. The summed E-state index contributed by atoms with van der Waals surface area (Å²) in [6.07, 6.45) is -2.63. The zero-order valence-electron chi connectivity index (χ0n) is 28.8. The van der Waals surface area contributed by atoms with Crippen molar-refractivity contribution < 1.29 is 59.7 Å². The molecule has 0 saturated carbocycles. The molecule has 3 aromatic carbocycles. The molecule has 1 atom stereocenters. The first-order valence-electron chi connectivity index (χ1n) is 16.1. The number of carboxylic acid groups (broad SMARTS) is 2. The number of aliphatic carboxylic acids is 2. The molecule has 0 fully saturated rings. The van der Waals surface area contributed by atoms with E-state index < -0.39 is 36.2 Å². The normalized spacial score (nSPS) is 11.8. The van der Waals surface area contributed by atoms with Gasteiger partial charge in [0.2, 0.25) is 0 Å². The highest BCUT2D eigenvalue weighted by atomic mass is 19.4. The maximum Gasteiger partial charge on any atom is 0.490 e. The van der Waals surface area contributed by atoms with Crippen molar-refractivity contribution in [1.82, 2.24) is 15.0 Å². The molecule has 0 saturated heterocycles. The zero-order chi connectivity index (χ0) is 40.5. The molecule has 0 aliphatic rings. The second-order valence-corrected chi connectivity index (χ2v) is 11.3. The Hall–Kier alpha value is -6.59. The number of hydrogen-bond donors (Lipinski definition) is 5. The van der Waals surface area contributed by atoms with E-state index in [1.807, 2.05) is 74.5 Å². The van der Waals surface area contributed by atoms with Gasteiger partial charge in [-0.15, -0.1) is 0 Å². The standard InChI is InChI=1S/C33H30FN5O2.2C2HF3O2/c1-3-20-15-27(30(34)29(16-20)41-4-2)31(38-23-9-10-25-21(17-23)11-13-36-32(25)35)33-37-18-28(39-33)26-8-6-5-7-24(26)22-12-14-40-19-22;2*3-2(4,5)1(6)7/h5-19,31,38H,3-4H2,1-2H3,(H2,35,36)(H,37,39);2*(H,6,7). The van der Waals surface area contributed by atoms with Crippen LogP contribution in [0, 0.1) is 5.82 Å². The van der Waals surface area contributed by atoms with Crippen molar-refractivity contribution in [2.75, 3.05) is 17.7 Å². The number of furan rings is 1. The summed E-state index contributed by atoms with van der Waals surface area (Å²) in [6.45, 7) is 4.24. The first-order valence-corrected chi connectivity index (χ1v) is 16.1. The molecular weight excluding hydrogens is 743 g/mol. The molecule has 0 aliphatic heterocycles. The molecule has 6 aromatic rings. The fourth-order valence-corrected chi connectivity index (χ4v) is 5.11. The molecule has 0 amide bonds. The Morgan fingerprint density at radius 2 is 1.58 bits per heavy atom. The molecule has 290 valence electrons. The van der Waals surface area contributed by atoms with Crippen LogP contribution in [0.1, 0.15) is 36.8 Å². The molecule has 1 unspecified atom stereocenters. The number of carboxylic acids is 2. The number of nitrogens with two attached hydrogens (primary N) is 1. The van der Waals surface area contributed by atoms with Crippen molar-refractivity contribution in [2.24, 2.45) is 0 Å². The smallest absolute Gasteiger partial charge is 0.490 e. The lowest BCUT2D eigenvalue weighted by atomic mass is 9.99. The van der Waals surface area contributed by atoms with Crippen LogP contribution >= 0.6 is 0 Å². The number of imidazole rings is 1. The van der Waals surface area contributed by atoms with Gasteiger partial charge in [-0.05, 0) is 66.3 Å². The lowest BCUT2D eigenvalue weighted by Gasteiger charge is -2.22. The number of aryl methyl sites for hydroxylation is 1. The molecule has 3 heterocycles. The van der Waals surface area contributed by atoms with Crippen molar-refractivity contribution in [3.8, 4) is 28.1 Å². The quantitative estimate of drug-likeness (QED) is 0.0891. The van der Waals surface area contributed by atoms with E-state index in [0.29, 0.717) is 23.8 Å². The van der Waals surface area contributed by atoms with Gasteiger partial charge in [0.1, 0.15) is 17.7 Å². The van der Waals surface area contributed by atoms with Crippen LogP contribution in [0.5, 0.6) is 5.75 Å². The number of alkyl halides is 6. The van der Waals surface area contributed by atoms with Gasteiger partial charge in [0.25, 0.3) is 0 Å². The summed E-state index contributed by atoms with van der Waals surface area (Å²) >= 11 is 0. The first-order chi connectivity index (χ1) is 25.9. The maximum atomic E-state index is 16.1. The van der Waals surface area contributed by atoms with Crippen molar-refractivity contribution in [3.63, 3.8) is 0 Å². The van der Waals surface area contributed by atoms with Crippen LogP contribution in [0.3, 0.4) is 0 Å². The first kappa shape index (κ1) is 41.2. The predicted molar refractivity (Wildman–Crippen MR) is 188 cm³/mol. The van der Waals surface area contributed by atoms with Gasteiger partial charge in [0.05, 0.1) is 31.0 Å². The highest BCUT2D eigenvalue weighted by Gasteiger charge is 2.39. The van der Waals surface area contributed by atoms with Gasteiger partial charge in [-0.1, -0.05) is 37.3 Å². The summed E-state index contributed by atoms with van der Waals surface area (Å²) in [5.41, 5.74) is 12.0. The van der Waals surface area contributed by atoms with E-state index in [4.69, 9.17) is 39.7 Å². The van der Waals surface area contributed by atoms with Gasteiger partial charge < -0.3 is 35.4 Å². The Morgan fingerprint density at radius 1 is 0.927 bits per heavy atom. The van der Waals surface area contributed by atoms with Crippen LogP contribution in [0.15, 0.2) is 96.1 Å². The summed E-state index contributed by atoms with van der Waals surface area (Å²) in [5, 5.41) is 19.6. The van der Waals surface area contributed by atoms with Gasteiger partial charge in [0.15, 0.2) is 11.6 Å². The van der Waals surface area contributed by atoms with Crippen molar-refractivity contribution >= 4 is 34.2 Å². The van der Waals surface area contributed by atoms with Crippen LogP contribution in [0.4, 0.5) is 42.2 Å². The topological polar surface area (TPSA) is 177 Å². The van der Waals surface area contributed by atoms with Gasteiger partial charge >= 0.3 is 24.3 Å². The van der Waals surface area contributed by atoms with E-state index in [1.54, 1.807) is 31.0 Å². The highest BCUT2D eigenvalue weighted by molar-refractivity contribution is 5.93. The molecule has 6 rings (SSSR count). The molecule has 0 bridgehead atoms. The molecule has 0 spiro atoms. The van der Waals surface area contributed by atoms with Crippen LogP contribution in [0.25, 0.3) is 33.2 Å². The van der Waals surface area contributed by atoms with Gasteiger partial charge in [-0.2, -0.15) is 26.3 Å². The van der Waals surface area contributed by atoms with Crippen molar-refractivity contribution in [2.45, 2.75) is 38.7 Å². The second kappa shape index (κ2) is 17.5. The molecule has 3 aromatic heterocycles. The SMILES string of the molecule is CCOc1cc(CC)cc(C(Nc2ccc3c(N)nccc3c2)c2ncc(-c3ccccc3-c3ccoc3)[nH]2)c1F.O=C(O)C(F)(F)F.O=C(O)C(F)(F)F. The number of nitrogens with one attached hydrogen (secondary N) is 2. The number of nitrogen functional groups attached to an aromatic ring is 1. The summed E-state index contributed by atoms with van der Waals surface area (Å²) < 4.78 is 90.6. The number of halogens is 7. The number of aromatic amines is 1. The van der Waals surface area contributed by atoms with E-state index in [-0.39, 0.29) is 5.75 Å². The van der Waals surface area contributed by atoms with E-state index in [0.717, 1.165) is 50.8 Å². The number of fused-ring (bicyclic) bond motifs is 1. The zero-order valence-corrected chi connectivity index (χ0v) is 28.8. The average Bonchev–Trinajstić information content (AvgIpc) is 3.85. The fourth-order valence-electron chi connectivity index (χ4n) is 5.11. The van der Waals surface area contributed by atoms with Gasteiger partial charge in [0, 0.05) is 34.0 Å². The largest absolute Gasteiger partial charge is 0.491 e. The highest BCUT2D eigenvalue weighted by Crippen LogP contribution is 2.36. The van der Waals surface area contributed by atoms with Crippen LogP contribution < -0.4 is 15.8 Å². The van der Waals surface area contributed by atoms with Crippen molar-refractivity contribution in [1.29, 1.82) is 0 Å². The van der Waals surface area contributed by atoms with Gasteiger partial charge in [-0.25, -0.2) is 23.9 Å².